The van der Waals surface area contributed by atoms with Crippen LogP contribution in [0.15, 0.2) is 0 Å². The number of ether oxygens (including phenoxy) is 1. The standard InChI is InChI=1S/C7F14O/c8-1(9)2(10,11)4(14,3(1,12)13)22-5(15,6(16,17)18)7(19,20)21. The fourth-order valence-electron chi connectivity index (χ4n) is 1.33. The van der Waals surface area contributed by atoms with E-state index in [9.17, 15) is 61.5 Å². The van der Waals surface area contributed by atoms with Crippen molar-refractivity contribution < 1.29 is 66.2 Å². The van der Waals surface area contributed by atoms with Crippen molar-refractivity contribution in [2.24, 2.45) is 0 Å². The molecule has 0 spiro atoms. The lowest BCUT2D eigenvalue weighted by Gasteiger charge is -2.54. The van der Waals surface area contributed by atoms with Gasteiger partial charge in [0.25, 0.3) is 0 Å². The van der Waals surface area contributed by atoms with Crippen LogP contribution < -0.4 is 0 Å². The largest absolute Gasteiger partial charge is 0.458 e. The molecule has 0 aromatic heterocycles. The quantitative estimate of drug-likeness (QED) is 0.660. The summed E-state index contributed by atoms with van der Waals surface area (Å²) in [5.74, 6) is -34.7. The van der Waals surface area contributed by atoms with Gasteiger partial charge in [-0.1, -0.05) is 0 Å². The summed E-state index contributed by atoms with van der Waals surface area (Å²) in [6.07, 6.45) is -14.7. The maximum atomic E-state index is 13.1. The van der Waals surface area contributed by atoms with E-state index in [0.717, 1.165) is 0 Å². The molecule has 132 valence electrons. The van der Waals surface area contributed by atoms with Gasteiger partial charge in [-0.15, -0.1) is 0 Å². The molecular formula is C7F14O. The van der Waals surface area contributed by atoms with Crippen LogP contribution in [0.5, 0.6) is 0 Å². The molecule has 1 fully saturated rings. The molecule has 22 heavy (non-hydrogen) atoms. The van der Waals surface area contributed by atoms with Crippen LogP contribution in [0.3, 0.4) is 0 Å². The van der Waals surface area contributed by atoms with Crippen molar-refractivity contribution in [2.45, 2.75) is 41.8 Å². The van der Waals surface area contributed by atoms with E-state index in [1.807, 2.05) is 0 Å². The number of rotatable bonds is 2. The number of halogens is 14. The summed E-state index contributed by atoms with van der Waals surface area (Å²) in [4.78, 5) is 0. The molecule has 0 amide bonds. The molecule has 1 rings (SSSR count). The van der Waals surface area contributed by atoms with Gasteiger partial charge in [-0.2, -0.15) is 61.5 Å². The predicted octanol–water partition coefficient (Wildman–Crippen LogP) is 4.38. The van der Waals surface area contributed by atoms with E-state index in [4.69, 9.17) is 0 Å². The van der Waals surface area contributed by atoms with E-state index in [1.54, 1.807) is 4.74 Å². The first-order chi connectivity index (χ1) is 9.21. The van der Waals surface area contributed by atoms with Crippen LogP contribution >= 0.6 is 0 Å². The van der Waals surface area contributed by atoms with E-state index in [2.05, 4.69) is 0 Å². The summed E-state index contributed by atoms with van der Waals surface area (Å²) in [5, 5.41) is 0. The molecule has 0 saturated heterocycles. The predicted molar refractivity (Wildman–Crippen MR) is 35.7 cm³/mol. The first-order valence-electron chi connectivity index (χ1n) is 4.55. The summed E-state index contributed by atoms with van der Waals surface area (Å²) in [7, 11) is 0. The lowest BCUT2D eigenvalue weighted by Crippen LogP contribution is -2.87. The van der Waals surface area contributed by atoms with Crippen LogP contribution in [0.4, 0.5) is 61.5 Å². The summed E-state index contributed by atoms with van der Waals surface area (Å²) in [6, 6.07) is 0. The third kappa shape index (κ3) is 1.76. The number of alkyl halides is 14. The molecule has 0 N–H and O–H groups in total. The van der Waals surface area contributed by atoms with Crippen molar-refractivity contribution in [3.8, 4) is 0 Å². The molecule has 0 unspecified atom stereocenters. The maximum Gasteiger partial charge on any atom is 0.458 e. The Morgan fingerprint density at radius 1 is 0.500 bits per heavy atom. The monoisotopic (exact) mass is 366 g/mol. The third-order valence-corrected chi connectivity index (χ3v) is 2.61. The van der Waals surface area contributed by atoms with Crippen LogP contribution in [0, 0.1) is 0 Å². The number of hydrogen-bond acceptors (Lipinski definition) is 1. The van der Waals surface area contributed by atoms with Crippen molar-refractivity contribution in [3.63, 3.8) is 0 Å². The van der Waals surface area contributed by atoms with Gasteiger partial charge in [0.1, 0.15) is 0 Å². The SMILES string of the molecule is FC(F)(F)C(F)(OC1(F)C(F)(F)C(F)(F)C1(F)F)C(F)(F)F. The second kappa shape index (κ2) is 4.08. The molecule has 0 aromatic rings. The summed E-state index contributed by atoms with van der Waals surface area (Å²) in [6.45, 7) is 0. The zero-order chi connectivity index (χ0) is 18.2. The average molecular weight is 366 g/mol. The normalized spacial score (nSPS) is 26.5. The van der Waals surface area contributed by atoms with E-state index < -0.39 is 41.8 Å². The highest BCUT2D eigenvalue weighted by Gasteiger charge is 3.03. The second-order valence-electron chi connectivity index (χ2n) is 4.01. The van der Waals surface area contributed by atoms with Gasteiger partial charge in [-0.05, 0) is 0 Å². The minimum atomic E-state index is -7.38. The fourth-order valence-corrected chi connectivity index (χ4v) is 1.33. The molecule has 15 heteroatoms. The Bertz CT molecular complexity index is 425. The molecule has 1 saturated carbocycles. The Hall–Kier alpha value is -1.02. The third-order valence-electron chi connectivity index (χ3n) is 2.61. The molecule has 1 aliphatic rings. The van der Waals surface area contributed by atoms with E-state index >= 15 is 0 Å². The first kappa shape index (κ1) is 19.0. The highest BCUT2D eigenvalue weighted by molar-refractivity contribution is 5.24. The van der Waals surface area contributed by atoms with Crippen LogP contribution in [0.2, 0.25) is 0 Å². The molecule has 0 bridgehead atoms. The fraction of sp³-hybridized carbons (Fsp3) is 1.00. The topological polar surface area (TPSA) is 9.23 Å². The zero-order valence-electron chi connectivity index (χ0n) is 9.20. The minimum Gasteiger partial charge on any atom is -0.284 e. The second-order valence-corrected chi connectivity index (χ2v) is 4.01. The van der Waals surface area contributed by atoms with Crippen molar-refractivity contribution in [1.82, 2.24) is 0 Å². The number of hydrogen-bond donors (Lipinski definition) is 0. The molecule has 1 aliphatic carbocycles. The Morgan fingerprint density at radius 2 is 0.773 bits per heavy atom. The van der Waals surface area contributed by atoms with E-state index in [-0.39, 0.29) is 0 Å². The first-order valence-corrected chi connectivity index (χ1v) is 4.55. The summed E-state index contributed by atoms with van der Waals surface area (Å²) >= 11 is 0. The van der Waals surface area contributed by atoms with Crippen molar-refractivity contribution in [3.05, 3.63) is 0 Å². The highest BCUT2D eigenvalue weighted by Crippen LogP contribution is 2.71. The van der Waals surface area contributed by atoms with E-state index in [0.29, 0.717) is 0 Å². The van der Waals surface area contributed by atoms with Gasteiger partial charge in [0.05, 0.1) is 0 Å². The molecule has 0 heterocycles. The van der Waals surface area contributed by atoms with Gasteiger partial charge in [0, 0.05) is 0 Å². The van der Waals surface area contributed by atoms with Crippen LogP contribution in [0.25, 0.3) is 0 Å². The van der Waals surface area contributed by atoms with Crippen molar-refractivity contribution in [2.75, 3.05) is 0 Å². The maximum absolute atomic E-state index is 13.1. The Kier molecular flexibility index (Phi) is 3.53. The molecular weight excluding hydrogens is 366 g/mol. The van der Waals surface area contributed by atoms with Crippen LogP contribution in [-0.4, -0.2) is 41.8 Å². The van der Waals surface area contributed by atoms with Gasteiger partial charge < -0.3 is 0 Å². The van der Waals surface area contributed by atoms with Crippen molar-refractivity contribution >= 4 is 0 Å². The lowest BCUT2D eigenvalue weighted by atomic mass is 9.78. The molecule has 0 aliphatic heterocycles. The highest BCUT2D eigenvalue weighted by atomic mass is 19.4. The molecule has 0 atom stereocenters. The van der Waals surface area contributed by atoms with Gasteiger partial charge in [-0.25, -0.2) is 0 Å². The van der Waals surface area contributed by atoms with Gasteiger partial charge in [-0.3, -0.25) is 4.74 Å². The Labute approximate surface area is 109 Å². The van der Waals surface area contributed by atoms with E-state index in [1.165, 1.54) is 0 Å². The summed E-state index contributed by atoms with van der Waals surface area (Å²) < 4.78 is 174. The molecule has 0 aromatic carbocycles. The van der Waals surface area contributed by atoms with Gasteiger partial charge in [0.15, 0.2) is 0 Å². The molecule has 1 nitrogen and oxygen atoms in total. The zero-order valence-corrected chi connectivity index (χ0v) is 9.20. The van der Waals surface area contributed by atoms with Crippen LogP contribution in [-0.2, 0) is 4.74 Å². The summed E-state index contributed by atoms with van der Waals surface area (Å²) in [5.41, 5.74) is 0. The average Bonchev–Trinajstić information content (AvgIpc) is 2.23. The lowest BCUT2D eigenvalue weighted by molar-refractivity contribution is -0.580. The van der Waals surface area contributed by atoms with Gasteiger partial charge in [0.2, 0.25) is 0 Å². The minimum absolute atomic E-state index is 1.59. The Morgan fingerprint density at radius 3 is 1.00 bits per heavy atom. The Balaban J connectivity index is 3.44. The van der Waals surface area contributed by atoms with Crippen LogP contribution in [0.1, 0.15) is 0 Å². The smallest absolute Gasteiger partial charge is 0.284 e. The van der Waals surface area contributed by atoms with Crippen molar-refractivity contribution in [1.29, 1.82) is 0 Å². The molecule has 0 radical (unpaired) electrons. The van der Waals surface area contributed by atoms with Gasteiger partial charge >= 0.3 is 41.8 Å².